The van der Waals surface area contributed by atoms with E-state index in [9.17, 15) is 13.2 Å². The van der Waals surface area contributed by atoms with Crippen LogP contribution >= 0.6 is 0 Å². The minimum atomic E-state index is -3.17. The van der Waals surface area contributed by atoms with E-state index in [2.05, 4.69) is 9.82 Å². The van der Waals surface area contributed by atoms with Crippen molar-refractivity contribution >= 4 is 15.9 Å². The lowest BCUT2D eigenvalue weighted by Crippen LogP contribution is -2.38. The van der Waals surface area contributed by atoms with Crippen LogP contribution < -0.4 is 4.72 Å². The fourth-order valence-electron chi connectivity index (χ4n) is 2.49. The van der Waals surface area contributed by atoms with Crippen molar-refractivity contribution in [3.8, 4) is 0 Å². The van der Waals surface area contributed by atoms with Crippen molar-refractivity contribution in [3.63, 3.8) is 0 Å². The van der Waals surface area contributed by atoms with E-state index in [1.54, 1.807) is 28.9 Å². The van der Waals surface area contributed by atoms with E-state index in [4.69, 9.17) is 0 Å². The van der Waals surface area contributed by atoms with E-state index >= 15 is 0 Å². The summed E-state index contributed by atoms with van der Waals surface area (Å²) < 4.78 is 26.1. The van der Waals surface area contributed by atoms with E-state index in [0.717, 1.165) is 19.1 Å². The van der Waals surface area contributed by atoms with Crippen LogP contribution in [0.15, 0.2) is 12.3 Å². The Morgan fingerprint density at radius 2 is 2.30 bits per heavy atom. The maximum absolute atomic E-state index is 12.3. The number of carbonyl (C=O) groups excluding carboxylic acids is 1. The second-order valence-electron chi connectivity index (χ2n) is 5.12. The van der Waals surface area contributed by atoms with Crippen molar-refractivity contribution in [3.05, 3.63) is 18.0 Å². The highest BCUT2D eigenvalue weighted by molar-refractivity contribution is 7.88. The summed E-state index contributed by atoms with van der Waals surface area (Å²) in [5.41, 5.74) is 0.440. The minimum Gasteiger partial charge on any atom is -0.334 e. The van der Waals surface area contributed by atoms with Crippen LogP contribution in [0.2, 0.25) is 0 Å². The number of nitrogens with one attached hydrogen (secondary N) is 1. The van der Waals surface area contributed by atoms with Gasteiger partial charge >= 0.3 is 0 Å². The Labute approximate surface area is 119 Å². The fraction of sp³-hybridized carbons (Fsp3) is 0.667. The summed E-state index contributed by atoms with van der Waals surface area (Å²) >= 11 is 0. The Kier molecular flexibility index (Phi) is 4.44. The third-order valence-electron chi connectivity index (χ3n) is 3.41. The SMILES string of the molecule is Cn1ccc(C(=O)N2CCC[C@@H]2CCNS(C)(=O)=O)n1. The van der Waals surface area contributed by atoms with Gasteiger partial charge in [-0.3, -0.25) is 9.48 Å². The molecule has 1 fully saturated rings. The summed E-state index contributed by atoms with van der Waals surface area (Å²) in [6.07, 6.45) is 5.36. The first-order chi connectivity index (χ1) is 9.37. The minimum absolute atomic E-state index is 0.0764. The van der Waals surface area contributed by atoms with Crippen molar-refractivity contribution in [2.24, 2.45) is 7.05 Å². The maximum Gasteiger partial charge on any atom is 0.274 e. The fourth-order valence-corrected chi connectivity index (χ4v) is 2.98. The molecule has 0 saturated carbocycles. The van der Waals surface area contributed by atoms with Gasteiger partial charge in [-0.25, -0.2) is 13.1 Å². The van der Waals surface area contributed by atoms with Crippen molar-refractivity contribution < 1.29 is 13.2 Å². The summed E-state index contributed by atoms with van der Waals surface area (Å²) in [6, 6.07) is 1.78. The highest BCUT2D eigenvalue weighted by atomic mass is 32.2. The number of carbonyl (C=O) groups is 1. The highest BCUT2D eigenvalue weighted by Gasteiger charge is 2.30. The van der Waals surface area contributed by atoms with Crippen LogP contribution in [-0.4, -0.2) is 54.4 Å². The highest BCUT2D eigenvalue weighted by Crippen LogP contribution is 2.21. The molecule has 1 saturated heterocycles. The zero-order valence-corrected chi connectivity index (χ0v) is 12.6. The van der Waals surface area contributed by atoms with Crippen LogP contribution in [0.5, 0.6) is 0 Å². The molecule has 0 unspecified atom stereocenters. The predicted molar refractivity (Wildman–Crippen MR) is 74.7 cm³/mol. The van der Waals surface area contributed by atoms with E-state index in [1.807, 2.05) is 0 Å². The lowest BCUT2D eigenvalue weighted by atomic mass is 10.1. The lowest BCUT2D eigenvalue weighted by molar-refractivity contribution is 0.0725. The first-order valence-electron chi connectivity index (χ1n) is 6.62. The largest absolute Gasteiger partial charge is 0.334 e. The van der Waals surface area contributed by atoms with Crippen LogP contribution in [0.1, 0.15) is 29.8 Å². The number of likely N-dealkylation sites (tertiary alicyclic amines) is 1. The number of hydrogen-bond acceptors (Lipinski definition) is 4. The number of aryl methyl sites for hydroxylation is 1. The molecule has 2 heterocycles. The van der Waals surface area contributed by atoms with Gasteiger partial charge in [0.05, 0.1) is 6.26 Å². The Morgan fingerprint density at radius 1 is 1.55 bits per heavy atom. The van der Waals surface area contributed by atoms with Gasteiger partial charge < -0.3 is 4.90 Å². The van der Waals surface area contributed by atoms with Gasteiger partial charge in [-0.1, -0.05) is 0 Å². The molecule has 0 spiro atoms. The van der Waals surface area contributed by atoms with Gasteiger partial charge in [-0.15, -0.1) is 0 Å². The molecule has 1 aliphatic rings. The topological polar surface area (TPSA) is 84.3 Å². The molecule has 1 amide bonds. The number of aromatic nitrogens is 2. The van der Waals surface area contributed by atoms with E-state index in [1.165, 1.54) is 0 Å². The van der Waals surface area contributed by atoms with Gasteiger partial charge in [0.2, 0.25) is 10.0 Å². The molecule has 1 aromatic heterocycles. The quantitative estimate of drug-likeness (QED) is 0.827. The van der Waals surface area contributed by atoms with Crippen LogP contribution in [0.25, 0.3) is 0 Å². The molecule has 7 nitrogen and oxygen atoms in total. The molecule has 8 heteroatoms. The van der Waals surface area contributed by atoms with Crippen molar-refractivity contribution in [2.45, 2.75) is 25.3 Å². The monoisotopic (exact) mass is 300 g/mol. The second kappa shape index (κ2) is 5.92. The summed E-state index contributed by atoms with van der Waals surface area (Å²) in [6.45, 7) is 1.06. The number of amides is 1. The Hall–Kier alpha value is -1.41. The molecule has 1 aliphatic heterocycles. The van der Waals surface area contributed by atoms with Crippen LogP contribution in [0.4, 0.5) is 0 Å². The molecule has 1 aromatic rings. The first kappa shape index (κ1) is 15.0. The molecule has 0 bridgehead atoms. The molecular weight excluding hydrogens is 280 g/mol. The third-order valence-corrected chi connectivity index (χ3v) is 4.14. The van der Waals surface area contributed by atoms with Crippen molar-refractivity contribution in [1.29, 1.82) is 0 Å². The van der Waals surface area contributed by atoms with Gasteiger partial charge in [0.15, 0.2) is 0 Å². The second-order valence-corrected chi connectivity index (χ2v) is 6.96. The molecule has 0 aromatic carbocycles. The van der Waals surface area contributed by atoms with E-state index in [0.29, 0.717) is 25.2 Å². The standard InChI is InChI=1S/C12H20N4O3S/c1-15-9-6-11(14-15)12(17)16-8-3-4-10(16)5-7-13-20(2,18)19/h6,9-10,13H,3-5,7-8H2,1-2H3/t10-/m1/s1. The third kappa shape index (κ3) is 3.80. The van der Waals surface area contributed by atoms with Crippen LogP contribution in [-0.2, 0) is 17.1 Å². The van der Waals surface area contributed by atoms with Crippen LogP contribution in [0, 0.1) is 0 Å². The number of sulfonamides is 1. The smallest absolute Gasteiger partial charge is 0.274 e. The number of hydrogen-bond donors (Lipinski definition) is 1. The number of rotatable bonds is 5. The Morgan fingerprint density at radius 3 is 2.90 bits per heavy atom. The van der Waals surface area contributed by atoms with Crippen LogP contribution in [0.3, 0.4) is 0 Å². The zero-order chi connectivity index (χ0) is 14.8. The Balaban J connectivity index is 1.95. The van der Waals surface area contributed by atoms with Gasteiger partial charge in [-0.2, -0.15) is 5.10 Å². The summed E-state index contributed by atoms with van der Waals surface area (Å²) in [7, 11) is -1.40. The number of nitrogens with zero attached hydrogens (tertiary/aromatic N) is 3. The Bertz CT molecular complexity index is 581. The molecule has 2 rings (SSSR count). The van der Waals surface area contributed by atoms with Gasteiger partial charge in [-0.05, 0) is 25.3 Å². The van der Waals surface area contributed by atoms with Gasteiger partial charge in [0.1, 0.15) is 5.69 Å². The van der Waals surface area contributed by atoms with E-state index in [-0.39, 0.29) is 11.9 Å². The summed E-state index contributed by atoms with van der Waals surface area (Å²) in [4.78, 5) is 14.1. The van der Waals surface area contributed by atoms with Gasteiger partial charge in [0, 0.05) is 32.4 Å². The average Bonchev–Trinajstić information content (AvgIpc) is 2.95. The van der Waals surface area contributed by atoms with Gasteiger partial charge in [0.25, 0.3) is 5.91 Å². The molecule has 20 heavy (non-hydrogen) atoms. The maximum atomic E-state index is 12.3. The zero-order valence-electron chi connectivity index (χ0n) is 11.7. The lowest BCUT2D eigenvalue weighted by Gasteiger charge is -2.23. The summed E-state index contributed by atoms with van der Waals surface area (Å²) in [5, 5.41) is 4.12. The normalized spacial score (nSPS) is 19.5. The predicted octanol–water partition coefficient (Wildman–Crippen LogP) is -0.0360. The molecule has 112 valence electrons. The van der Waals surface area contributed by atoms with Crippen molar-refractivity contribution in [1.82, 2.24) is 19.4 Å². The molecule has 1 N–H and O–H groups in total. The average molecular weight is 300 g/mol. The van der Waals surface area contributed by atoms with Crippen molar-refractivity contribution in [2.75, 3.05) is 19.3 Å². The first-order valence-corrected chi connectivity index (χ1v) is 8.51. The molecule has 1 atom stereocenters. The summed E-state index contributed by atoms with van der Waals surface area (Å²) in [5.74, 6) is -0.0764. The molecule has 0 aliphatic carbocycles. The molecule has 0 radical (unpaired) electrons. The molecular formula is C12H20N4O3S. The van der Waals surface area contributed by atoms with E-state index < -0.39 is 10.0 Å².